The van der Waals surface area contributed by atoms with Crippen LogP contribution in [0.2, 0.25) is 0 Å². The van der Waals surface area contributed by atoms with Crippen molar-refractivity contribution in [3.05, 3.63) is 10.6 Å². The van der Waals surface area contributed by atoms with Gasteiger partial charge in [0.2, 0.25) is 15.9 Å². The van der Waals surface area contributed by atoms with Crippen molar-refractivity contribution in [1.29, 1.82) is 0 Å². The van der Waals surface area contributed by atoms with Gasteiger partial charge < -0.3 is 4.90 Å². The third kappa shape index (κ3) is 3.64. The number of amides is 1. The summed E-state index contributed by atoms with van der Waals surface area (Å²) in [5, 5.41) is 0.322. The molecule has 1 N–H and O–H groups in total. The van der Waals surface area contributed by atoms with Gasteiger partial charge in [-0.1, -0.05) is 11.3 Å². The Bertz CT molecular complexity index is 612. The van der Waals surface area contributed by atoms with Crippen molar-refractivity contribution in [1.82, 2.24) is 9.88 Å². The number of fused-ring (bicyclic) bond motifs is 1. The second kappa shape index (κ2) is 5.90. The maximum absolute atomic E-state index is 12.2. The minimum Gasteiger partial charge on any atom is -0.336 e. The van der Waals surface area contributed by atoms with Crippen LogP contribution in [0.1, 0.15) is 17.5 Å². The van der Waals surface area contributed by atoms with Crippen LogP contribution in [-0.4, -0.2) is 48.5 Å². The number of aromatic nitrogens is 1. The largest absolute Gasteiger partial charge is 0.336 e. The number of carbonyl (C=O) groups is 1. The topological polar surface area (TPSA) is 79.4 Å². The summed E-state index contributed by atoms with van der Waals surface area (Å²) in [6.45, 7) is 3.05. The molecule has 0 bridgehead atoms. The van der Waals surface area contributed by atoms with E-state index in [-0.39, 0.29) is 11.2 Å². The van der Waals surface area contributed by atoms with E-state index in [1.54, 1.807) is 0 Å². The van der Waals surface area contributed by atoms with Crippen molar-refractivity contribution in [3.8, 4) is 0 Å². The molecule has 0 aromatic carbocycles. The minimum absolute atomic E-state index is 0.0573. The number of thioether (sulfide) groups is 1. The summed E-state index contributed by atoms with van der Waals surface area (Å²) in [5.74, 6) is 0.120. The Morgan fingerprint density at radius 3 is 2.85 bits per heavy atom. The lowest BCUT2D eigenvalue weighted by Gasteiger charge is -2.28. The van der Waals surface area contributed by atoms with Crippen LogP contribution in [0.3, 0.4) is 0 Å². The molecule has 0 spiro atoms. The Kier molecular flexibility index (Phi) is 4.60. The Hall–Kier alpha value is -0.800. The highest BCUT2D eigenvalue weighted by Crippen LogP contribution is 2.29. The van der Waals surface area contributed by atoms with E-state index in [1.165, 1.54) is 23.1 Å². The van der Waals surface area contributed by atoms with Crippen molar-refractivity contribution in [2.75, 3.05) is 23.8 Å². The van der Waals surface area contributed by atoms with E-state index in [4.69, 9.17) is 0 Å². The van der Waals surface area contributed by atoms with E-state index in [2.05, 4.69) is 9.71 Å². The van der Waals surface area contributed by atoms with Gasteiger partial charge in [-0.2, -0.15) is 11.8 Å². The third-order valence-corrected chi connectivity index (χ3v) is 5.62. The average Bonchev–Trinajstić information content (AvgIpc) is 2.75. The third-order valence-electron chi connectivity index (χ3n) is 3.02. The molecule has 2 heterocycles. The van der Waals surface area contributed by atoms with E-state index < -0.39 is 10.0 Å². The summed E-state index contributed by atoms with van der Waals surface area (Å²) in [5.41, 5.74) is 0.891. The van der Waals surface area contributed by atoms with E-state index in [9.17, 15) is 13.2 Å². The molecule has 0 radical (unpaired) electrons. The lowest BCUT2D eigenvalue weighted by molar-refractivity contribution is -0.131. The Morgan fingerprint density at radius 1 is 1.55 bits per heavy atom. The van der Waals surface area contributed by atoms with Crippen LogP contribution in [-0.2, 0) is 27.8 Å². The molecular weight excluding hydrogens is 318 g/mol. The molecule has 6 nitrogen and oxygen atoms in total. The molecule has 112 valence electrons. The highest BCUT2D eigenvalue weighted by Gasteiger charge is 2.27. The predicted octanol–water partition coefficient (Wildman–Crippen LogP) is 1.15. The van der Waals surface area contributed by atoms with Gasteiger partial charge >= 0.3 is 0 Å². The first-order chi connectivity index (χ1) is 9.30. The number of thiazole rings is 1. The highest BCUT2D eigenvalue weighted by atomic mass is 32.2. The molecule has 1 atom stereocenters. The molecule has 0 saturated heterocycles. The molecule has 0 aliphatic carbocycles. The van der Waals surface area contributed by atoms with E-state index in [0.717, 1.165) is 16.8 Å². The van der Waals surface area contributed by atoms with E-state index in [1.807, 2.05) is 18.1 Å². The summed E-state index contributed by atoms with van der Waals surface area (Å²) in [7, 11) is -3.31. The average molecular weight is 335 g/mol. The van der Waals surface area contributed by atoms with Gasteiger partial charge in [0, 0.05) is 17.8 Å². The molecular formula is C11H17N3O3S3. The molecule has 1 aromatic heterocycles. The van der Waals surface area contributed by atoms with Gasteiger partial charge in [0.15, 0.2) is 5.13 Å². The molecule has 1 aromatic rings. The summed E-state index contributed by atoms with van der Waals surface area (Å²) in [4.78, 5) is 19.2. The lowest BCUT2D eigenvalue weighted by Crippen LogP contribution is -2.39. The number of anilines is 1. The number of carbonyl (C=O) groups excluding carboxylic acids is 1. The van der Waals surface area contributed by atoms with Crippen LogP contribution in [0, 0.1) is 0 Å². The standard InChI is InChI=1S/C11H17N3O3S3/c1-7(18-2)10(15)14-5-4-8-9(6-14)19-11(12-8)13-20(3,16)17/h7H,4-6H2,1-3H3,(H,12,13)/t7-/m1/s1. The summed E-state index contributed by atoms with van der Waals surface area (Å²) >= 11 is 2.83. The fraction of sp³-hybridized carbons (Fsp3) is 0.636. The maximum Gasteiger partial charge on any atom is 0.235 e. The van der Waals surface area contributed by atoms with Crippen LogP contribution in [0.25, 0.3) is 0 Å². The first-order valence-electron chi connectivity index (χ1n) is 6.08. The second-order valence-corrected chi connectivity index (χ2v) is 8.66. The lowest BCUT2D eigenvalue weighted by atomic mass is 10.1. The molecule has 0 unspecified atom stereocenters. The number of sulfonamides is 1. The van der Waals surface area contributed by atoms with E-state index >= 15 is 0 Å². The van der Waals surface area contributed by atoms with Crippen LogP contribution in [0.15, 0.2) is 0 Å². The van der Waals surface area contributed by atoms with E-state index in [0.29, 0.717) is 24.6 Å². The number of nitrogens with zero attached hydrogens (tertiary/aromatic N) is 2. The minimum atomic E-state index is -3.31. The molecule has 1 amide bonds. The molecule has 20 heavy (non-hydrogen) atoms. The van der Waals surface area contributed by atoms with Crippen molar-refractivity contribution < 1.29 is 13.2 Å². The fourth-order valence-corrected chi connectivity index (χ4v) is 4.15. The van der Waals surface area contributed by atoms with Crippen molar-refractivity contribution >= 4 is 44.2 Å². The SMILES string of the molecule is CS[C@H](C)C(=O)N1CCc2nc(NS(C)(=O)=O)sc2C1. The zero-order valence-electron chi connectivity index (χ0n) is 11.5. The molecule has 0 fully saturated rings. The normalized spacial score (nSPS) is 16.6. The van der Waals surface area contributed by atoms with Crippen LogP contribution < -0.4 is 4.72 Å². The molecule has 1 aliphatic rings. The summed E-state index contributed by atoms with van der Waals surface area (Å²) < 4.78 is 24.8. The second-order valence-electron chi connectivity index (χ2n) is 4.65. The van der Waals surface area contributed by atoms with Gasteiger partial charge in [0.25, 0.3) is 0 Å². The zero-order chi connectivity index (χ0) is 14.9. The zero-order valence-corrected chi connectivity index (χ0v) is 14.0. The number of hydrogen-bond donors (Lipinski definition) is 1. The quantitative estimate of drug-likeness (QED) is 0.893. The monoisotopic (exact) mass is 335 g/mol. The first-order valence-corrected chi connectivity index (χ1v) is 10.1. The molecule has 1 aliphatic heterocycles. The smallest absolute Gasteiger partial charge is 0.235 e. The number of rotatable bonds is 4. The number of hydrogen-bond acceptors (Lipinski definition) is 6. The molecule has 0 saturated carbocycles. The van der Waals surface area contributed by atoms with Gasteiger partial charge in [0.05, 0.1) is 23.7 Å². The van der Waals surface area contributed by atoms with Crippen LogP contribution in [0.4, 0.5) is 5.13 Å². The molecule has 2 rings (SSSR count). The Balaban J connectivity index is 2.12. The maximum atomic E-state index is 12.2. The van der Waals surface area contributed by atoms with Crippen LogP contribution >= 0.6 is 23.1 Å². The van der Waals surface area contributed by atoms with Gasteiger partial charge in [-0.3, -0.25) is 9.52 Å². The predicted molar refractivity (Wildman–Crippen MR) is 82.7 cm³/mol. The summed E-state index contributed by atoms with van der Waals surface area (Å²) in [6.07, 6.45) is 3.69. The first kappa shape index (κ1) is 15.6. The Labute approximate surface area is 127 Å². The van der Waals surface area contributed by atoms with Gasteiger partial charge in [-0.25, -0.2) is 13.4 Å². The highest BCUT2D eigenvalue weighted by molar-refractivity contribution is 7.99. The van der Waals surface area contributed by atoms with Crippen LogP contribution in [0.5, 0.6) is 0 Å². The molecule has 9 heteroatoms. The van der Waals surface area contributed by atoms with Gasteiger partial charge in [-0.05, 0) is 13.2 Å². The summed E-state index contributed by atoms with van der Waals surface area (Å²) in [6, 6.07) is 0. The van der Waals surface area contributed by atoms with Gasteiger partial charge in [0.1, 0.15) is 0 Å². The fourth-order valence-electron chi connectivity index (χ4n) is 1.94. The Morgan fingerprint density at radius 2 is 2.25 bits per heavy atom. The van der Waals surface area contributed by atoms with Crippen molar-refractivity contribution in [2.45, 2.75) is 25.1 Å². The van der Waals surface area contributed by atoms with Crippen molar-refractivity contribution in [3.63, 3.8) is 0 Å². The van der Waals surface area contributed by atoms with Gasteiger partial charge in [-0.15, -0.1) is 0 Å². The van der Waals surface area contributed by atoms with Crippen molar-refractivity contribution in [2.24, 2.45) is 0 Å². The number of nitrogens with one attached hydrogen (secondary N) is 1.